The number of benzene rings is 1. The van der Waals surface area contributed by atoms with Gasteiger partial charge in [0.1, 0.15) is 24.6 Å². The first kappa shape index (κ1) is 29.5. The van der Waals surface area contributed by atoms with Crippen molar-refractivity contribution in [3.63, 3.8) is 0 Å². The number of amides is 2. The average Bonchev–Trinajstić information content (AvgIpc) is 3.32. The normalized spacial score (nSPS) is 29.7. The third kappa shape index (κ3) is 6.48. The third-order valence-corrected chi connectivity index (χ3v) is 8.48. The molecule has 4 rings (SSSR count). The number of carbonyl (C=O) groups is 2. The van der Waals surface area contributed by atoms with Crippen molar-refractivity contribution in [2.24, 2.45) is 17.8 Å². The molecule has 2 aliphatic carbocycles. The number of aliphatic hydroxyl groups excluding tert-OH is 2. The molecule has 1 fully saturated rings. The first-order valence-corrected chi connectivity index (χ1v) is 14.2. The molecule has 0 unspecified atom stereocenters. The summed E-state index contributed by atoms with van der Waals surface area (Å²) < 4.78 is 17.7. The van der Waals surface area contributed by atoms with E-state index in [2.05, 4.69) is 26.1 Å². The van der Waals surface area contributed by atoms with Crippen LogP contribution < -0.4 is 10.1 Å². The topological polar surface area (TPSA) is 118 Å². The molecule has 9 heteroatoms. The van der Waals surface area contributed by atoms with Gasteiger partial charge in [-0.15, -0.1) is 0 Å². The minimum atomic E-state index is -1.07. The third-order valence-electron chi connectivity index (χ3n) is 8.48. The van der Waals surface area contributed by atoms with Gasteiger partial charge in [-0.2, -0.15) is 0 Å². The van der Waals surface area contributed by atoms with Crippen LogP contribution in [-0.2, 0) is 19.1 Å². The van der Waals surface area contributed by atoms with Crippen LogP contribution in [0.1, 0.15) is 51.5 Å². The van der Waals surface area contributed by atoms with Crippen LogP contribution in [0.3, 0.4) is 0 Å². The molecule has 0 bridgehead atoms. The van der Waals surface area contributed by atoms with Gasteiger partial charge in [0.15, 0.2) is 0 Å². The zero-order valence-corrected chi connectivity index (χ0v) is 23.5. The van der Waals surface area contributed by atoms with Crippen LogP contribution in [0.4, 0.5) is 0 Å². The summed E-state index contributed by atoms with van der Waals surface area (Å²) in [6.45, 7) is 6.91. The summed E-state index contributed by atoms with van der Waals surface area (Å²) in [5, 5.41) is 23.6. The number of rotatable bonds is 11. The molecule has 0 spiro atoms. The Hall–Kier alpha value is -2.46. The lowest BCUT2D eigenvalue weighted by Crippen LogP contribution is -2.57. The van der Waals surface area contributed by atoms with Gasteiger partial charge in [0, 0.05) is 31.3 Å². The van der Waals surface area contributed by atoms with Crippen molar-refractivity contribution in [1.29, 1.82) is 0 Å². The van der Waals surface area contributed by atoms with Gasteiger partial charge in [-0.05, 0) is 42.7 Å². The minimum Gasteiger partial charge on any atom is -0.486 e. The first-order valence-electron chi connectivity index (χ1n) is 14.2. The second-order valence-corrected chi connectivity index (χ2v) is 11.4. The number of nitrogens with zero attached hydrogens (tertiary/aromatic N) is 1. The van der Waals surface area contributed by atoms with Gasteiger partial charge in [0.2, 0.25) is 11.8 Å². The molecule has 3 aliphatic rings. The number of para-hydroxylation sites is 1. The molecular formula is C30H44N2O7. The summed E-state index contributed by atoms with van der Waals surface area (Å²) in [6, 6.07) is 6.61. The van der Waals surface area contributed by atoms with Crippen molar-refractivity contribution in [3.05, 3.63) is 41.5 Å². The average molecular weight is 545 g/mol. The maximum atomic E-state index is 13.7. The van der Waals surface area contributed by atoms with Crippen molar-refractivity contribution >= 4 is 11.8 Å². The Kier molecular flexibility index (Phi) is 10.0. The van der Waals surface area contributed by atoms with Gasteiger partial charge >= 0.3 is 0 Å². The molecule has 216 valence electrons. The molecule has 1 heterocycles. The first-order chi connectivity index (χ1) is 18.8. The van der Waals surface area contributed by atoms with E-state index in [-0.39, 0.29) is 50.8 Å². The summed E-state index contributed by atoms with van der Waals surface area (Å²) in [6.07, 6.45) is 3.05. The highest BCUT2D eigenvalue weighted by molar-refractivity contribution is 5.96. The minimum absolute atomic E-state index is 0.00524. The number of methoxy groups -OCH3 is 1. The number of fused-ring (bicyclic) bond motifs is 3. The van der Waals surface area contributed by atoms with Crippen LogP contribution in [0.15, 0.2) is 35.9 Å². The summed E-state index contributed by atoms with van der Waals surface area (Å²) in [5.74, 6) is 0.901. The SMILES string of the molecule is COCCN(C(=O)CO[C@H]1C[C@@H](C)CC[C@@H]1C(C)C)[C@@H]1C=C(C(=O)NCCO)[C@@H]2c3ccccc3O[C@@H]2[C@H]1O. The summed E-state index contributed by atoms with van der Waals surface area (Å²) in [7, 11) is 1.56. The predicted molar refractivity (Wildman–Crippen MR) is 146 cm³/mol. The van der Waals surface area contributed by atoms with Crippen LogP contribution in [0.2, 0.25) is 0 Å². The number of hydrogen-bond acceptors (Lipinski definition) is 7. The highest BCUT2D eigenvalue weighted by Crippen LogP contribution is 2.47. The molecule has 0 radical (unpaired) electrons. The van der Waals surface area contributed by atoms with E-state index in [1.54, 1.807) is 18.1 Å². The van der Waals surface area contributed by atoms with E-state index in [1.165, 1.54) is 6.42 Å². The van der Waals surface area contributed by atoms with Crippen LogP contribution in [0.5, 0.6) is 5.75 Å². The highest BCUT2D eigenvalue weighted by Gasteiger charge is 2.50. The molecule has 1 aliphatic heterocycles. The fourth-order valence-corrected chi connectivity index (χ4v) is 6.39. The molecule has 2 amide bonds. The van der Waals surface area contributed by atoms with E-state index in [0.29, 0.717) is 29.1 Å². The maximum absolute atomic E-state index is 13.7. The Morgan fingerprint density at radius 2 is 2.00 bits per heavy atom. The van der Waals surface area contributed by atoms with Crippen LogP contribution in [0.25, 0.3) is 0 Å². The smallest absolute Gasteiger partial charge is 0.249 e. The quantitative estimate of drug-likeness (QED) is 0.391. The summed E-state index contributed by atoms with van der Waals surface area (Å²) in [4.78, 5) is 28.5. The van der Waals surface area contributed by atoms with E-state index < -0.39 is 24.2 Å². The lowest BCUT2D eigenvalue weighted by molar-refractivity contribution is -0.147. The number of carbonyl (C=O) groups excluding carboxylic acids is 2. The highest BCUT2D eigenvalue weighted by atomic mass is 16.5. The van der Waals surface area contributed by atoms with Crippen molar-refractivity contribution in [2.45, 2.75) is 70.3 Å². The standard InChI is InChI=1S/C30H44N2O7/c1-18(2)20-10-9-19(3)15-25(20)38-17-26(34)32(12-14-37-4)23-16-22(30(36)31-11-13-33)27-21-7-5-6-8-24(21)39-29(27)28(23)35/h5-8,16,18-20,23,25,27-29,33,35H,9-15,17H2,1-4H3,(H,31,36)/t19-,20+,23+,25-,27-,28-,29-/m0/s1. The van der Waals surface area contributed by atoms with Crippen molar-refractivity contribution < 1.29 is 34.0 Å². The molecular weight excluding hydrogens is 500 g/mol. The zero-order chi connectivity index (χ0) is 28.1. The largest absolute Gasteiger partial charge is 0.486 e. The Morgan fingerprint density at radius 3 is 2.72 bits per heavy atom. The van der Waals surface area contributed by atoms with Crippen LogP contribution in [0, 0.1) is 17.8 Å². The van der Waals surface area contributed by atoms with Gasteiger partial charge in [0.25, 0.3) is 0 Å². The lowest BCUT2D eigenvalue weighted by atomic mass is 9.75. The maximum Gasteiger partial charge on any atom is 0.249 e. The molecule has 9 nitrogen and oxygen atoms in total. The summed E-state index contributed by atoms with van der Waals surface area (Å²) >= 11 is 0. The van der Waals surface area contributed by atoms with E-state index in [1.807, 2.05) is 24.3 Å². The molecule has 7 atom stereocenters. The fraction of sp³-hybridized carbons (Fsp3) is 0.667. The Labute approximate surface area is 231 Å². The van der Waals surface area contributed by atoms with Crippen molar-refractivity contribution in [1.82, 2.24) is 10.2 Å². The van der Waals surface area contributed by atoms with E-state index >= 15 is 0 Å². The van der Waals surface area contributed by atoms with Gasteiger partial charge in [-0.1, -0.05) is 45.4 Å². The predicted octanol–water partition coefficient (Wildman–Crippen LogP) is 2.26. The fourth-order valence-electron chi connectivity index (χ4n) is 6.39. The molecule has 39 heavy (non-hydrogen) atoms. The van der Waals surface area contributed by atoms with E-state index in [0.717, 1.165) is 18.4 Å². The van der Waals surface area contributed by atoms with Crippen molar-refractivity contribution in [2.75, 3.05) is 40.0 Å². The lowest BCUT2D eigenvalue weighted by Gasteiger charge is -2.41. The monoisotopic (exact) mass is 544 g/mol. The van der Waals surface area contributed by atoms with E-state index in [9.17, 15) is 19.8 Å². The van der Waals surface area contributed by atoms with Crippen LogP contribution >= 0.6 is 0 Å². The second kappa shape index (κ2) is 13.3. The van der Waals surface area contributed by atoms with Gasteiger partial charge in [-0.3, -0.25) is 9.59 Å². The molecule has 1 saturated carbocycles. The van der Waals surface area contributed by atoms with Crippen LogP contribution in [-0.4, -0.2) is 91.3 Å². The van der Waals surface area contributed by atoms with Gasteiger partial charge in [-0.25, -0.2) is 0 Å². The Bertz CT molecular complexity index is 1030. The molecule has 1 aromatic carbocycles. The molecule has 0 aromatic heterocycles. The number of ether oxygens (including phenoxy) is 3. The van der Waals surface area contributed by atoms with E-state index in [4.69, 9.17) is 14.2 Å². The number of aliphatic hydroxyl groups is 2. The van der Waals surface area contributed by atoms with Gasteiger partial charge in [0.05, 0.1) is 31.3 Å². The number of nitrogens with one attached hydrogen (secondary N) is 1. The van der Waals surface area contributed by atoms with Crippen molar-refractivity contribution in [3.8, 4) is 5.75 Å². The second-order valence-electron chi connectivity index (χ2n) is 11.4. The molecule has 1 aromatic rings. The summed E-state index contributed by atoms with van der Waals surface area (Å²) in [5.41, 5.74) is 1.22. The Balaban J connectivity index is 1.60. The zero-order valence-electron chi connectivity index (χ0n) is 23.5. The van der Waals surface area contributed by atoms with Gasteiger partial charge < -0.3 is 34.6 Å². The molecule has 0 saturated heterocycles. The number of hydrogen-bond donors (Lipinski definition) is 3. The molecule has 3 N–H and O–H groups in total. The Morgan fingerprint density at radius 1 is 1.23 bits per heavy atom.